The molecule has 1 fully saturated rings. The van der Waals surface area contributed by atoms with Gasteiger partial charge in [-0.3, -0.25) is 9.63 Å². The first-order chi connectivity index (χ1) is 8.41. The second kappa shape index (κ2) is 4.30. The van der Waals surface area contributed by atoms with Gasteiger partial charge in [-0.2, -0.15) is 5.06 Å². The second-order valence-electron chi connectivity index (χ2n) is 4.20. The summed E-state index contributed by atoms with van der Waals surface area (Å²) in [6, 6.07) is -1.71. The third kappa shape index (κ3) is 1.90. The van der Waals surface area contributed by atoms with Crippen LogP contribution in [-0.4, -0.2) is 58.2 Å². The van der Waals surface area contributed by atoms with Crippen LogP contribution in [0.15, 0.2) is 11.6 Å². The predicted molar refractivity (Wildman–Crippen MR) is 58.1 cm³/mol. The maximum Gasteiger partial charge on any atom is 0.345 e. The van der Waals surface area contributed by atoms with Gasteiger partial charge >= 0.3 is 12.0 Å². The summed E-state index contributed by atoms with van der Waals surface area (Å²) in [5.41, 5.74) is 5.97. The number of carbonyl (C=O) groups is 3. The number of hydrogen-bond donors (Lipinski definition) is 2. The highest BCUT2D eigenvalue weighted by Crippen LogP contribution is 2.29. The van der Waals surface area contributed by atoms with Crippen molar-refractivity contribution in [2.75, 3.05) is 13.2 Å². The maximum atomic E-state index is 12.0. The van der Waals surface area contributed by atoms with Crippen LogP contribution in [0, 0.1) is 0 Å². The zero-order valence-electron chi connectivity index (χ0n) is 9.70. The van der Waals surface area contributed by atoms with Gasteiger partial charge in [0.05, 0.1) is 12.6 Å². The van der Waals surface area contributed by atoms with Crippen molar-refractivity contribution in [1.82, 2.24) is 9.96 Å². The lowest BCUT2D eigenvalue weighted by molar-refractivity contribution is -0.164. The van der Waals surface area contributed by atoms with E-state index in [0.29, 0.717) is 0 Å². The summed E-state index contributed by atoms with van der Waals surface area (Å²) in [6.45, 7) is 1.41. The average Bonchev–Trinajstić information content (AvgIpc) is 2.56. The molecule has 0 radical (unpaired) electrons. The predicted octanol–water partition coefficient (Wildman–Crippen LogP) is -1.08. The molecule has 2 atom stereocenters. The normalized spacial score (nSPS) is 26.3. The van der Waals surface area contributed by atoms with E-state index < -0.39 is 30.6 Å². The lowest BCUT2D eigenvalue weighted by Gasteiger charge is -2.25. The Bertz CT molecular complexity index is 447. The van der Waals surface area contributed by atoms with Crippen LogP contribution < -0.4 is 5.73 Å². The fourth-order valence-electron chi connectivity index (χ4n) is 2.12. The molecule has 98 valence electrons. The second-order valence-corrected chi connectivity index (χ2v) is 4.20. The molecule has 2 aliphatic heterocycles. The number of urea groups is 1. The van der Waals surface area contributed by atoms with E-state index in [1.807, 2.05) is 0 Å². The zero-order valence-corrected chi connectivity index (χ0v) is 9.70. The quantitative estimate of drug-likeness (QED) is 0.620. The topological polar surface area (TPSA) is 113 Å². The molecule has 0 unspecified atom stereocenters. The standard InChI is InChI=1S/C10H13N3O5/c1-5-2-6(9(11)16)12-3-7(5)13(10(12)17)18-4-8(14)15/h2,6-7H,3-4H2,1H3,(H2,11,16)(H,14,15)/t6-,7+/m0/s1. The number of aliphatic carboxylic acids is 1. The number of nitrogens with zero attached hydrogens (tertiary/aromatic N) is 2. The van der Waals surface area contributed by atoms with E-state index in [-0.39, 0.29) is 12.6 Å². The van der Waals surface area contributed by atoms with Crippen molar-refractivity contribution in [2.45, 2.75) is 19.0 Å². The molecule has 0 aromatic heterocycles. The van der Waals surface area contributed by atoms with Crippen LogP contribution in [0.5, 0.6) is 0 Å². The van der Waals surface area contributed by atoms with Gasteiger partial charge in [-0.05, 0) is 12.5 Å². The van der Waals surface area contributed by atoms with Gasteiger partial charge in [0, 0.05) is 0 Å². The Morgan fingerprint density at radius 2 is 2.28 bits per heavy atom. The molecule has 8 nitrogen and oxygen atoms in total. The highest BCUT2D eigenvalue weighted by Gasteiger charge is 2.47. The molecule has 2 bridgehead atoms. The van der Waals surface area contributed by atoms with Crippen LogP contribution in [0.2, 0.25) is 0 Å². The SMILES string of the molecule is CC1=C[C@@H](C(N)=O)N2C[C@H]1N(OCC(=O)O)C2=O. The summed E-state index contributed by atoms with van der Waals surface area (Å²) in [7, 11) is 0. The largest absolute Gasteiger partial charge is 0.479 e. The smallest absolute Gasteiger partial charge is 0.345 e. The van der Waals surface area contributed by atoms with Crippen molar-refractivity contribution < 1.29 is 24.3 Å². The molecule has 3 N–H and O–H groups in total. The van der Waals surface area contributed by atoms with E-state index >= 15 is 0 Å². The summed E-state index contributed by atoms with van der Waals surface area (Å²) in [6.07, 6.45) is 1.60. The highest BCUT2D eigenvalue weighted by atomic mass is 16.7. The minimum atomic E-state index is -1.17. The first-order valence-corrected chi connectivity index (χ1v) is 5.34. The van der Waals surface area contributed by atoms with E-state index in [1.165, 1.54) is 4.90 Å². The van der Waals surface area contributed by atoms with Crippen LogP contribution in [-0.2, 0) is 14.4 Å². The number of hydroxylamine groups is 2. The van der Waals surface area contributed by atoms with Gasteiger partial charge in [-0.1, -0.05) is 6.08 Å². The minimum Gasteiger partial charge on any atom is -0.479 e. The fraction of sp³-hybridized carbons (Fsp3) is 0.500. The number of fused-ring (bicyclic) bond motifs is 2. The zero-order chi connectivity index (χ0) is 13.4. The Balaban J connectivity index is 2.20. The van der Waals surface area contributed by atoms with Crippen LogP contribution in [0.3, 0.4) is 0 Å². The number of carboxylic acids is 1. The van der Waals surface area contributed by atoms with Crippen molar-refractivity contribution in [1.29, 1.82) is 0 Å². The summed E-state index contributed by atoms with van der Waals surface area (Å²) < 4.78 is 0. The molecule has 0 aromatic rings. The first kappa shape index (κ1) is 12.4. The molecule has 2 rings (SSSR count). The lowest BCUT2D eigenvalue weighted by atomic mass is 10.0. The van der Waals surface area contributed by atoms with Crippen molar-refractivity contribution in [3.8, 4) is 0 Å². The van der Waals surface area contributed by atoms with Crippen LogP contribution >= 0.6 is 0 Å². The number of carbonyl (C=O) groups excluding carboxylic acids is 2. The van der Waals surface area contributed by atoms with Crippen molar-refractivity contribution >= 4 is 17.9 Å². The number of primary amides is 1. The summed E-state index contributed by atoms with van der Waals surface area (Å²) in [5, 5.41) is 9.53. The average molecular weight is 255 g/mol. The Kier molecular flexibility index (Phi) is 2.95. The molecule has 3 amide bonds. The molecule has 0 aliphatic carbocycles. The Morgan fingerprint density at radius 1 is 1.61 bits per heavy atom. The van der Waals surface area contributed by atoms with E-state index in [2.05, 4.69) is 0 Å². The summed E-state index contributed by atoms with van der Waals surface area (Å²) >= 11 is 0. The van der Waals surface area contributed by atoms with Crippen LogP contribution in [0.4, 0.5) is 4.79 Å². The summed E-state index contributed by atoms with van der Waals surface area (Å²) in [4.78, 5) is 39.8. The molecular formula is C10H13N3O5. The molecular weight excluding hydrogens is 242 g/mol. The van der Waals surface area contributed by atoms with Crippen molar-refractivity contribution in [3.05, 3.63) is 11.6 Å². The number of amides is 3. The molecule has 0 aromatic carbocycles. The molecule has 1 saturated heterocycles. The van der Waals surface area contributed by atoms with Crippen molar-refractivity contribution in [3.63, 3.8) is 0 Å². The lowest BCUT2D eigenvalue weighted by Crippen LogP contribution is -2.46. The van der Waals surface area contributed by atoms with Gasteiger partial charge < -0.3 is 15.7 Å². The third-order valence-corrected chi connectivity index (χ3v) is 2.99. The van der Waals surface area contributed by atoms with Gasteiger partial charge in [0.25, 0.3) is 0 Å². The Hall–Kier alpha value is -2.09. The maximum absolute atomic E-state index is 12.0. The molecule has 2 aliphatic rings. The van der Waals surface area contributed by atoms with Gasteiger partial charge in [0.1, 0.15) is 6.04 Å². The van der Waals surface area contributed by atoms with E-state index in [0.717, 1.165) is 10.6 Å². The van der Waals surface area contributed by atoms with E-state index in [9.17, 15) is 14.4 Å². The van der Waals surface area contributed by atoms with Crippen LogP contribution in [0.1, 0.15) is 6.92 Å². The highest BCUT2D eigenvalue weighted by molar-refractivity contribution is 5.90. The van der Waals surface area contributed by atoms with E-state index in [1.54, 1.807) is 13.0 Å². The first-order valence-electron chi connectivity index (χ1n) is 5.34. The monoisotopic (exact) mass is 255 g/mol. The fourth-order valence-corrected chi connectivity index (χ4v) is 2.12. The summed E-state index contributed by atoms with van der Waals surface area (Å²) in [5.74, 6) is -1.80. The molecule has 8 heteroatoms. The Labute approximate surface area is 103 Å². The molecule has 2 heterocycles. The molecule has 18 heavy (non-hydrogen) atoms. The Morgan fingerprint density at radius 3 is 2.83 bits per heavy atom. The van der Waals surface area contributed by atoms with Gasteiger partial charge in [-0.15, -0.1) is 0 Å². The van der Waals surface area contributed by atoms with Gasteiger partial charge in [-0.25, -0.2) is 9.59 Å². The number of rotatable bonds is 4. The van der Waals surface area contributed by atoms with Crippen LogP contribution in [0.25, 0.3) is 0 Å². The third-order valence-electron chi connectivity index (χ3n) is 2.99. The minimum absolute atomic E-state index is 0.272. The van der Waals surface area contributed by atoms with Gasteiger partial charge in [0.2, 0.25) is 5.91 Å². The number of carboxylic acid groups (broad SMARTS) is 1. The number of nitrogens with two attached hydrogens (primary N) is 1. The van der Waals surface area contributed by atoms with Crippen molar-refractivity contribution in [2.24, 2.45) is 5.73 Å². The number of hydrogen-bond acceptors (Lipinski definition) is 4. The van der Waals surface area contributed by atoms with E-state index in [4.69, 9.17) is 15.7 Å². The molecule has 0 saturated carbocycles. The van der Waals surface area contributed by atoms with Gasteiger partial charge in [0.15, 0.2) is 6.61 Å². The molecule has 0 spiro atoms.